The Morgan fingerprint density at radius 3 is 1.78 bits per heavy atom. The number of carbonyl (C=O) groups excluding carboxylic acids is 2. The van der Waals surface area contributed by atoms with Gasteiger partial charge in [-0.3, -0.25) is 19.0 Å². The lowest BCUT2D eigenvalue weighted by molar-refractivity contribution is -0.160. The Morgan fingerprint density at radius 2 is 1.34 bits per heavy atom. The molecule has 0 radical (unpaired) electrons. The monoisotopic (exact) mass is 902 g/mol. The van der Waals surface area contributed by atoms with Crippen LogP contribution in [0.2, 0.25) is 18.1 Å². The van der Waals surface area contributed by atoms with Crippen molar-refractivity contribution >= 4 is 32.0 Å². The van der Waals surface area contributed by atoms with E-state index >= 15 is 0 Å². The zero-order chi connectivity index (χ0) is 47.2. The fourth-order valence-electron chi connectivity index (χ4n) is 7.08. The lowest BCUT2D eigenvalue weighted by atomic mass is 9.80. The Kier molecular flexibility index (Phi) is 18.4. The molecular formula is C48H66N4O11Si. The molecule has 1 aliphatic rings. The second kappa shape index (κ2) is 23.0. The smallest absolute Gasteiger partial charge is 0.351 e. The number of carbonyl (C=O) groups is 3. The third kappa shape index (κ3) is 12.9. The van der Waals surface area contributed by atoms with Crippen LogP contribution in [0, 0.1) is 0 Å². The number of ether oxygens (including phenoxy) is 5. The maximum Gasteiger partial charge on any atom is 0.351 e. The minimum atomic E-state index is -2.71. The van der Waals surface area contributed by atoms with Gasteiger partial charge in [0.15, 0.2) is 20.6 Å². The van der Waals surface area contributed by atoms with Crippen LogP contribution in [0.25, 0.3) is 0 Å². The molecule has 16 heteroatoms. The average Bonchev–Trinajstić information content (AvgIpc) is 3.58. The number of aliphatic carboxylic acids is 1. The van der Waals surface area contributed by atoms with Crippen LogP contribution in [-0.2, 0) is 38.6 Å². The van der Waals surface area contributed by atoms with E-state index in [1.807, 2.05) is 113 Å². The van der Waals surface area contributed by atoms with Crippen LogP contribution in [0.4, 0.5) is 5.82 Å². The highest BCUT2D eigenvalue weighted by molar-refractivity contribution is 6.74. The first-order chi connectivity index (χ1) is 30.3. The summed E-state index contributed by atoms with van der Waals surface area (Å²) in [6, 6.07) is 26.0. The number of rotatable bonds is 19. The second-order valence-corrected chi connectivity index (χ2v) is 21.6. The maximum absolute atomic E-state index is 13.7. The number of nitrogens with zero attached hydrogens (tertiary/aromatic N) is 3. The number of amides is 1. The van der Waals surface area contributed by atoms with Crippen molar-refractivity contribution in [1.29, 1.82) is 0 Å². The normalized spacial score (nSPS) is 17.6. The van der Waals surface area contributed by atoms with E-state index in [2.05, 4.69) is 36.0 Å². The Balaban J connectivity index is 0.00000118. The van der Waals surface area contributed by atoms with E-state index in [4.69, 9.17) is 28.1 Å². The Labute approximate surface area is 378 Å². The van der Waals surface area contributed by atoms with Gasteiger partial charge in [-0.05, 0) is 84.8 Å². The SMILES string of the molecule is CCN(CC)CC.COc1ccc(C(OC[C@H]2O[C@@H](n3ccc(NC(C)=O)nc3=O)[C@H](O[Si](C)(C)C(C)(C)C)[C@@H]2OC(=O)CCC(=O)O)(c2ccccc2)c2ccc(OC)cc2)cc1. The van der Waals surface area contributed by atoms with Gasteiger partial charge in [0, 0.05) is 13.1 Å². The number of benzene rings is 3. The topological polar surface area (TPSA) is 177 Å². The minimum absolute atomic E-state index is 0.0479. The lowest BCUT2D eigenvalue weighted by Crippen LogP contribution is -2.51. The fourth-order valence-corrected chi connectivity index (χ4v) is 8.36. The molecule has 2 N–H and O–H groups in total. The molecule has 1 amide bonds. The maximum atomic E-state index is 13.7. The Bertz CT molecular complexity index is 2120. The number of carboxylic acid groups (broad SMARTS) is 1. The number of anilines is 1. The van der Waals surface area contributed by atoms with Crippen LogP contribution in [0.1, 0.15) is 84.2 Å². The molecule has 2 heterocycles. The van der Waals surface area contributed by atoms with E-state index in [0.29, 0.717) is 11.5 Å². The predicted octanol–water partition coefficient (Wildman–Crippen LogP) is 7.64. The Morgan fingerprint density at radius 1 is 0.812 bits per heavy atom. The molecule has 348 valence electrons. The molecule has 0 saturated carbocycles. The molecule has 4 atom stereocenters. The highest BCUT2D eigenvalue weighted by atomic mass is 28.4. The van der Waals surface area contributed by atoms with Crippen molar-refractivity contribution in [2.45, 2.75) is 110 Å². The first-order valence-corrected chi connectivity index (χ1v) is 24.6. The summed E-state index contributed by atoms with van der Waals surface area (Å²) < 4.78 is 39.2. The summed E-state index contributed by atoms with van der Waals surface area (Å²) in [5.74, 6) is -1.03. The molecule has 4 aromatic rings. The van der Waals surface area contributed by atoms with Gasteiger partial charge < -0.3 is 43.4 Å². The van der Waals surface area contributed by atoms with Gasteiger partial charge in [0.2, 0.25) is 5.91 Å². The van der Waals surface area contributed by atoms with Crippen LogP contribution in [-0.4, -0.2) is 104 Å². The number of hydrogen-bond acceptors (Lipinski definition) is 12. The largest absolute Gasteiger partial charge is 0.497 e. The summed E-state index contributed by atoms with van der Waals surface area (Å²) in [7, 11) is 0.458. The predicted molar refractivity (Wildman–Crippen MR) is 247 cm³/mol. The summed E-state index contributed by atoms with van der Waals surface area (Å²) in [5.41, 5.74) is 0.225. The fraction of sp³-hybridized carbons (Fsp3) is 0.479. The quantitative estimate of drug-likeness (QED) is 0.0534. The van der Waals surface area contributed by atoms with E-state index < -0.39 is 74.8 Å². The molecule has 3 aromatic carbocycles. The molecule has 15 nitrogen and oxygen atoms in total. The van der Waals surface area contributed by atoms with Gasteiger partial charge >= 0.3 is 17.6 Å². The average molecular weight is 903 g/mol. The molecule has 1 aliphatic heterocycles. The summed E-state index contributed by atoms with van der Waals surface area (Å²) in [5, 5.41) is 11.6. The number of methoxy groups -OCH3 is 2. The lowest BCUT2D eigenvalue weighted by Gasteiger charge is -2.40. The summed E-state index contributed by atoms with van der Waals surface area (Å²) >= 11 is 0. The van der Waals surface area contributed by atoms with Crippen molar-refractivity contribution in [1.82, 2.24) is 14.5 Å². The highest BCUT2D eigenvalue weighted by Crippen LogP contribution is 2.45. The van der Waals surface area contributed by atoms with E-state index in [1.165, 1.54) is 43.4 Å². The molecule has 1 fully saturated rings. The standard InChI is InChI=1S/C42H51N3O11Si.C6H15N/c1-27(46)43-34-24-25-45(40(50)44-34)39-38(56-57(7,8)41(2,3)4)37(55-36(49)23-22-35(47)48)33(54-39)26-53-42(28-12-10-9-11-13-28,29-14-18-31(51-5)19-15-29)30-16-20-32(52-6)21-17-30;1-4-7(5-2)6-3/h9-21,24-25,33,37-39H,22-23,26H2,1-8H3,(H,47,48)(H,43,44,46,50);4-6H2,1-3H3/t33-,37-,38-,39-;/m1./s1. The van der Waals surface area contributed by atoms with E-state index in [-0.39, 0.29) is 17.5 Å². The van der Waals surface area contributed by atoms with Crippen molar-refractivity contribution in [2.24, 2.45) is 0 Å². The molecule has 1 aromatic heterocycles. The van der Waals surface area contributed by atoms with Crippen LogP contribution in [0.3, 0.4) is 0 Å². The van der Waals surface area contributed by atoms with Gasteiger partial charge in [-0.2, -0.15) is 4.98 Å². The van der Waals surface area contributed by atoms with Gasteiger partial charge in [0.05, 0.1) is 33.7 Å². The molecule has 0 aliphatic carbocycles. The zero-order valence-electron chi connectivity index (χ0n) is 39.1. The van der Waals surface area contributed by atoms with Crippen molar-refractivity contribution < 1.29 is 47.6 Å². The van der Waals surface area contributed by atoms with Crippen molar-refractivity contribution in [3.63, 3.8) is 0 Å². The molecule has 0 spiro atoms. The number of nitrogens with one attached hydrogen (secondary N) is 1. The number of carboxylic acids is 1. The van der Waals surface area contributed by atoms with E-state index in [0.717, 1.165) is 16.7 Å². The summed E-state index contributed by atoms with van der Waals surface area (Å²) in [6.45, 7) is 21.4. The van der Waals surface area contributed by atoms with Crippen LogP contribution < -0.4 is 20.5 Å². The molecule has 0 bridgehead atoms. The molecule has 1 saturated heterocycles. The van der Waals surface area contributed by atoms with E-state index in [1.54, 1.807) is 14.2 Å². The Hall–Kier alpha value is -5.39. The third-order valence-corrected chi connectivity index (χ3v) is 16.2. The molecule has 64 heavy (non-hydrogen) atoms. The molecule has 5 rings (SSSR count). The van der Waals surface area contributed by atoms with E-state index in [9.17, 15) is 24.3 Å². The number of esters is 1. The first-order valence-electron chi connectivity index (χ1n) is 21.7. The van der Waals surface area contributed by atoms with Crippen molar-refractivity contribution in [2.75, 3.05) is 45.8 Å². The minimum Gasteiger partial charge on any atom is -0.497 e. The van der Waals surface area contributed by atoms with Gasteiger partial charge in [-0.25, -0.2) is 4.79 Å². The molecule has 0 unspecified atom stereocenters. The zero-order valence-corrected chi connectivity index (χ0v) is 40.1. The van der Waals surface area contributed by atoms with Crippen LogP contribution in [0.15, 0.2) is 95.9 Å². The van der Waals surface area contributed by atoms with Gasteiger partial charge in [-0.1, -0.05) is 96.1 Å². The van der Waals surface area contributed by atoms with Crippen molar-refractivity contribution in [3.05, 3.63) is 118 Å². The first kappa shape index (κ1) is 51.2. The number of hydrogen-bond donors (Lipinski definition) is 2. The highest BCUT2D eigenvalue weighted by Gasteiger charge is 2.54. The summed E-state index contributed by atoms with van der Waals surface area (Å²) in [4.78, 5) is 56.8. The van der Waals surface area contributed by atoms with Gasteiger partial charge in [0.1, 0.15) is 35.1 Å². The molecular weight excluding hydrogens is 837 g/mol. The third-order valence-electron chi connectivity index (χ3n) is 11.7. The summed E-state index contributed by atoms with van der Waals surface area (Å²) in [6.07, 6.45) is -3.90. The number of aromatic nitrogens is 2. The van der Waals surface area contributed by atoms with Gasteiger partial charge in [0.25, 0.3) is 0 Å². The van der Waals surface area contributed by atoms with Crippen molar-refractivity contribution in [3.8, 4) is 11.5 Å². The van der Waals surface area contributed by atoms with Crippen LogP contribution >= 0.6 is 0 Å². The van der Waals surface area contributed by atoms with Crippen LogP contribution in [0.5, 0.6) is 11.5 Å². The second-order valence-electron chi connectivity index (χ2n) is 16.9. The van der Waals surface area contributed by atoms with Gasteiger partial charge in [-0.15, -0.1) is 0 Å².